The maximum absolute atomic E-state index is 13.2. The highest BCUT2D eigenvalue weighted by atomic mass is 35.5. The van der Waals surface area contributed by atoms with Gasteiger partial charge in [-0.1, -0.05) is 23.2 Å². The number of carbonyl (C=O) groups is 2. The van der Waals surface area contributed by atoms with E-state index in [4.69, 9.17) is 35.4 Å². The maximum atomic E-state index is 13.2. The highest BCUT2D eigenvalue weighted by Crippen LogP contribution is 2.27. The Bertz CT molecular complexity index is 1170. The molecule has 1 unspecified atom stereocenters. The minimum atomic E-state index is -0.564. The van der Waals surface area contributed by atoms with Gasteiger partial charge in [-0.2, -0.15) is 0 Å². The molecule has 3 aromatic rings. The number of H-pyrrole nitrogens is 1. The van der Waals surface area contributed by atoms with Gasteiger partial charge in [0.2, 0.25) is 5.91 Å². The molecule has 1 aliphatic rings. The third-order valence-electron chi connectivity index (χ3n) is 5.30. The number of nitrogens with one attached hydrogen (secondary N) is 2. The van der Waals surface area contributed by atoms with E-state index in [9.17, 15) is 9.59 Å². The number of hydrogen-bond donors (Lipinski definition) is 2. The summed E-state index contributed by atoms with van der Waals surface area (Å²) in [5, 5.41) is 3.68. The van der Waals surface area contributed by atoms with Crippen LogP contribution >= 0.6 is 35.4 Å². The summed E-state index contributed by atoms with van der Waals surface area (Å²) in [6, 6.07) is 11.5. The number of aromatic nitrogens is 2. The molecule has 1 fully saturated rings. The number of halogens is 2. The number of anilines is 1. The van der Waals surface area contributed by atoms with E-state index in [0.29, 0.717) is 39.0 Å². The molecule has 0 spiro atoms. The standard InChI is InChI=1S/C22H20Cl2N4O2S/c23-15-6-9-18(17(24)13-15)26-20(29)19-3-1-2-11-28(19)21(30)14-4-7-16(8-5-14)27-12-10-25-22(27)31/h4-10,12-13,19H,1-3,11H2,(H,25,31)(H,26,29). The molecule has 9 heteroatoms. The Labute approximate surface area is 194 Å². The van der Waals surface area contributed by atoms with Crippen molar-refractivity contribution in [1.82, 2.24) is 14.5 Å². The molecular weight excluding hydrogens is 455 g/mol. The topological polar surface area (TPSA) is 70.1 Å². The summed E-state index contributed by atoms with van der Waals surface area (Å²) in [6.45, 7) is 0.524. The number of nitrogens with zero attached hydrogens (tertiary/aromatic N) is 2. The van der Waals surface area contributed by atoms with Crippen molar-refractivity contribution in [2.75, 3.05) is 11.9 Å². The zero-order chi connectivity index (χ0) is 22.0. The van der Waals surface area contributed by atoms with Gasteiger partial charge in [-0.3, -0.25) is 14.2 Å². The predicted molar refractivity (Wildman–Crippen MR) is 125 cm³/mol. The van der Waals surface area contributed by atoms with E-state index >= 15 is 0 Å². The number of likely N-dealkylation sites (tertiary alicyclic amines) is 1. The number of amides is 2. The average Bonchev–Trinajstić information content (AvgIpc) is 3.21. The molecule has 0 bridgehead atoms. The number of carbonyl (C=O) groups excluding carboxylic acids is 2. The van der Waals surface area contributed by atoms with Gasteiger partial charge in [-0.05, 0) is 73.9 Å². The van der Waals surface area contributed by atoms with Crippen LogP contribution in [0.2, 0.25) is 10.0 Å². The SMILES string of the molecule is O=C(Nc1ccc(Cl)cc1Cl)C1CCCCN1C(=O)c1ccc(-n2cc[nH]c2=S)cc1. The zero-order valence-corrected chi connectivity index (χ0v) is 18.8. The number of aromatic amines is 1. The minimum Gasteiger partial charge on any atom is -0.337 e. The normalized spacial score (nSPS) is 16.2. The second-order valence-corrected chi connectivity index (χ2v) is 8.54. The van der Waals surface area contributed by atoms with Gasteiger partial charge in [0.25, 0.3) is 5.91 Å². The predicted octanol–water partition coefficient (Wildman–Crippen LogP) is 5.48. The van der Waals surface area contributed by atoms with Gasteiger partial charge < -0.3 is 15.2 Å². The Balaban J connectivity index is 1.52. The van der Waals surface area contributed by atoms with Gasteiger partial charge in [0.15, 0.2) is 4.77 Å². The van der Waals surface area contributed by atoms with Crippen LogP contribution in [0.15, 0.2) is 54.9 Å². The molecule has 2 heterocycles. The molecule has 1 atom stereocenters. The Hall–Kier alpha value is -2.61. The average molecular weight is 475 g/mol. The molecule has 4 rings (SSSR count). The maximum Gasteiger partial charge on any atom is 0.254 e. The van der Waals surface area contributed by atoms with E-state index in [1.807, 2.05) is 22.9 Å². The lowest BCUT2D eigenvalue weighted by Crippen LogP contribution is -2.50. The largest absolute Gasteiger partial charge is 0.337 e. The summed E-state index contributed by atoms with van der Waals surface area (Å²) in [6.07, 6.45) is 5.91. The Kier molecular flexibility index (Phi) is 6.46. The van der Waals surface area contributed by atoms with Crippen LogP contribution < -0.4 is 5.32 Å². The second kappa shape index (κ2) is 9.26. The quantitative estimate of drug-likeness (QED) is 0.492. The molecule has 1 aromatic heterocycles. The Morgan fingerprint density at radius 3 is 2.55 bits per heavy atom. The Morgan fingerprint density at radius 2 is 1.87 bits per heavy atom. The molecule has 0 radical (unpaired) electrons. The fraction of sp³-hybridized carbons (Fsp3) is 0.227. The monoisotopic (exact) mass is 474 g/mol. The van der Waals surface area contributed by atoms with Crippen LogP contribution in [-0.2, 0) is 4.79 Å². The van der Waals surface area contributed by atoms with Crippen molar-refractivity contribution in [1.29, 1.82) is 0 Å². The highest BCUT2D eigenvalue weighted by molar-refractivity contribution is 7.71. The molecule has 2 amide bonds. The van der Waals surface area contributed by atoms with Gasteiger partial charge in [0.05, 0.1) is 10.7 Å². The summed E-state index contributed by atoms with van der Waals surface area (Å²) in [4.78, 5) is 30.8. The minimum absolute atomic E-state index is 0.175. The fourth-order valence-corrected chi connectivity index (χ4v) is 4.40. The number of benzene rings is 2. The van der Waals surface area contributed by atoms with E-state index in [2.05, 4.69) is 10.3 Å². The number of rotatable bonds is 4. The van der Waals surface area contributed by atoms with Gasteiger partial charge >= 0.3 is 0 Å². The van der Waals surface area contributed by atoms with Crippen LogP contribution in [0.25, 0.3) is 5.69 Å². The molecule has 2 aromatic carbocycles. The van der Waals surface area contributed by atoms with Crippen LogP contribution in [0.1, 0.15) is 29.6 Å². The first-order chi connectivity index (χ1) is 14.9. The summed E-state index contributed by atoms with van der Waals surface area (Å²) < 4.78 is 2.39. The second-order valence-electron chi connectivity index (χ2n) is 7.31. The van der Waals surface area contributed by atoms with E-state index < -0.39 is 6.04 Å². The van der Waals surface area contributed by atoms with Crippen molar-refractivity contribution in [3.05, 3.63) is 75.2 Å². The van der Waals surface area contributed by atoms with E-state index in [1.165, 1.54) is 0 Å². The van der Waals surface area contributed by atoms with Crippen molar-refractivity contribution in [3.63, 3.8) is 0 Å². The molecule has 0 aliphatic carbocycles. The Morgan fingerprint density at radius 1 is 1.10 bits per heavy atom. The van der Waals surface area contributed by atoms with E-state index in [0.717, 1.165) is 18.5 Å². The number of imidazole rings is 1. The molecule has 160 valence electrons. The first kappa shape index (κ1) is 21.6. The fourth-order valence-electron chi connectivity index (χ4n) is 3.71. The first-order valence-electron chi connectivity index (χ1n) is 9.87. The number of hydrogen-bond acceptors (Lipinski definition) is 3. The van der Waals surface area contributed by atoms with Crippen molar-refractivity contribution < 1.29 is 9.59 Å². The molecule has 6 nitrogen and oxygen atoms in total. The molecule has 0 saturated carbocycles. The molecule has 2 N–H and O–H groups in total. The van der Waals surface area contributed by atoms with Crippen molar-refractivity contribution in [3.8, 4) is 5.69 Å². The lowest BCUT2D eigenvalue weighted by atomic mass is 9.99. The lowest BCUT2D eigenvalue weighted by molar-refractivity contribution is -0.121. The highest BCUT2D eigenvalue weighted by Gasteiger charge is 2.33. The molecule has 1 aliphatic heterocycles. The third-order valence-corrected chi connectivity index (χ3v) is 6.16. The summed E-state index contributed by atoms with van der Waals surface area (Å²) >= 11 is 17.4. The van der Waals surface area contributed by atoms with Gasteiger partial charge in [-0.15, -0.1) is 0 Å². The van der Waals surface area contributed by atoms with E-state index in [1.54, 1.807) is 41.4 Å². The van der Waals surface area contributed by atoms with Crippen LogP contribution in [-0.4, -0.2) is 38.9 Å². The summed E-state index contributed by atoms with van der Waals surface area (Å²) in [5.74, 6) is -0.432. The first-order valence-corrected chi connectivity index (χ1v) is 11.0. The lowest BCUT2D eigenvalue weighted by Gasteiger charge is -2.35. The smallest absolute Gasteiger partial charge is 0.254 e. The van der Waals surface area contributed by atoms with Crippen LogP contribution in [0.3, 0.4) is 0 Å². The van der Waals surface area contributed by atoms with Gasteiger partial charge in [0.1, 0.15) is 6.04 Å². The van der Waals surface area contributed by atoms with Crippen molar-refractivity contribution in [2.24, 2.45) is 0 Å². The summed E-state index contributed by atoms with van der Waals surface area (Å²) in [7, 11) is 0. The zero-order valence-electron chi connectivity index (χ0n) is 16.5. The van der Waals surface area contributed by atoms with Crippen LogP contribution in [0.4, 0.5) is 5.69 Å². The summed E-state index contributed by atoms with van der Waals surface area (Å²) in [5.41, 5.74) is 1.85. The van der Waals surface area contributed by atoms with Gasteiger partial charge in [0, 0.05) is 35.2 Å². The number of piperidine rings is 1. The van der Waals surface area contributed by atoms with Gasteiger partial charge in [-0.25, -0.2) is 0 Å². The third kappa shape index (κ3) is 4.69. The van der Waals surface area contributed by atoms with Crippen LogP contribution in [0, 0.1) is 4.77 Å². The van der Waals surface area contributed by atoms with Crippen LogP contribution in [0.5, 0.6) is 0 Å². The molecule has 31 heavy (non-hydrogen) atoms. The molecule has 1 saturated heterocycles. The molecular formula is C22H20Cl2N4O2S. The van der Waals surface area contributed by atoms with Crippen molar-refractivity contribution >= 4 is 52.9 Å². The van der Waals surface area contributed by atoms with E-state index in [-0.39, 0.29) is 11.8 Å². The van der Waals surface area contributed by atoms with Crippen molar-refractivity contribution in [2.45, 2.75) is 25.3 Å².